The Hall–Kier alpha value is -1.56. The lowest BCUT2D eigenvalue weighted by Crippen LogP contribution is -2.24. The van der Waals surface area contributed by atoms with Crippen molar-refractivity contribution in [1.82, 2.24) is 9.78 Å². The Morgan fingerprint density at radius 2 is 1.92 bits per heavy atom. The minimum Gasteiger partial charge on any atom is -0.491 e. The van der Waals surface area contributed by atoms with Gasteiger partial charge in [-0.05, 0) is 48.9 Å². The second-order valence-corrected chi connectivity index (χ2v) is 7.08. The molecule has 1 N–H and O–H groups in total. The molecule has 6 heteroatoms. The number of hydrogen-bond acceptors (Lipinski definition) is 3. The fourth-order valence-corrected chi connectivity index (χ4v) is 3.10. The van der Waals surface area contributed by atoms with Gasteiger partial charge < -0.3 is 9.84 Å². The van der Waals surface area contributed by atoms with Gasteiger partial charge in [0.05, 0.1) is 23.0 Å². The van der Waals surface area contributed by atoms with Crippen LogP contribution in [0.2, 0.25) is 5.02 Å². The smallest absolute Gasteiger partial charge is 0.120 e. The third-order valence-corrected chi connectivity index (χ3v) is 4.93. The van der Waals surface area contributed by atoms with Crippen LogP contribution < -0.4 is 4.74 Å². The van der Waals surface area contributed by atoms with Crippen molar-refractivity contribution in [2.75, 3.05) is 6.61 Å². The summed E-state index contributed by atoms with van der Waals surface area (Å²) >= 11 is 9.58. The van der Waals surface area contributed by atoms with E-state index in [0.717, 1.165) is 32.4 Å². The van der Waals surface area contributed by atoms with E-state index in [0.29, 0.717) is 11.6 Å². The van der Waals surface area contributed by atoms with Gasteiger partial charge in [-0.3, -0.25) is 4.68 Å². The summed E-state index contributed by atoms with van der Waals surface area (Å²) in [6.45, 7) is 4.28. The number of aliphatic hydroxyl groups excluding tert-OH is 1. The Bertz CT molecular complexity index is 879. The summed E-state index contributed by atoms with van der Waals surface area (Å²) in [7, 11) is 0. The standard InChI is InChI=1S/C18H18BrClN2O2/c1-11-18(20)12(2)22(21-11)9-16(23)10-24-17-6-4-13-7-15(19)5-3-14(13)8-17/h3-8,16,23H,9-10H2,1-2H3. The third kappa shape index (κ3) is 3.74. The molecule has 126 valence electrons. The molecule has 0 radical (unpaired) electrons. The average Bonchev–Trinajstić information content (AvgIpc) is 2.80. The zero-order chi connectivity index (χ0) is 17.3. The number of halogens is 2. The van der Waals surface area contributed by atoms with E-state index in [2.05, 4.69) is 27.1 Å². The maximum atomic E-state index is 10.2. The van der Waals surface area contributed by atoms with Gasteiger partial charge in [-0.15, -0.1) is 0 Å². The van der Waals surface area contributed by atoms with Crippen LogP contribution in [0.3, 0.4) is 0 Å². The van der Waals surface area contributed by atoms with Crippen LogP contribution >= 0.6 is 27.5 Å². The molecule has 3 aromatic rings. The Morgan fingerprint density at radius 1 is 1.21 bits per heavy atom. The maximum absolute atomic E-state index is 10.2. The summed E-state index contributed by atoms with van der Waals surface area (Å²) in [5.41, 5.74) is 1.62. The normalized spacial score (nSPS) is 12.5. The second kappa shape index (κ2) is 7.13. The van der Waals surface area contributed by atoms with Crippen molar-refractivity contribution >= 4 is 38.3 Å². The number of aryl methyl sites for hydroxylation is 1. The molecule has 1 atom stereocenters. The van der Waals surface area contributed by atoms with Crippen LogP contribution in [0.1, 0.15) is 11.4 Å². The molecule has 0 aliphatic rings. The second-order valence-electron chi connectivity index (χ2n) is 5.79. The van der Waals surface area contributed by atoms with E-state index in [1.165, 1.54) is 0 Å². The van der Waals surface area contributed by atoms with Crippen molar-refractivity contribution in [3.8, 4) is 5.75 Å². The van der Waals surface area contributed by atoms with Gasteiger partial charge in [0.15, 0.2) is 0 Å². The number of aromatic nitrogens is 2. The van der Waals surface area contributed by atoms with Crippen LogP contribution in [0.5, 0.6) is 5.75 Å². The Balaban J connectivity index is 1.64. The van der Waals surface area contributed by atoms with Crippen molar-refractivity contribution in [2.45, 2.75) is 26.5 Å². The van der Waals surface area contributed by atoms with Gasteiger partial charge >= 0.3 is 0 Å². The summed E-state index contributed by atoms with van der Waals surface area (Å²) in [5.74, 6) is 0.732. The van der Waals surface area contributed by atoms with Crippen LogP contribution in [-0.2, 0) is 6.54 Å². The predicted octanol–water partition coefficient (Wildman–Crippen LogP) is 4.51. The molecule has 1 heterocycles. The van der Waals surface area contributed by atoms with E-state index in [-0.39, 0.29) is 6.61 Å². The fraction of sp³-hybridized carbons (Fsp3) is 0.278. The highest BCUT2D eigenvalue weighted by Gasteiger charge is 2.13. The quantitative estimate of drug-likeness (QED) is 0.674. The van der Waals surface area contributed by atoms with E-state index in [1.807, 2.05) is 44.2 Å². The molecular weight excluding hydrogens is 392 g/mol. The molecular formula is C18H18BrClN2O2. The Kier molecular flexibility index (Phi) is 5.13. The minimum atomic E-state index is -0.667. The van der Waals surface area contributed by atoms with Crippen LogP contribution in [0.25, 0.3) is 10.8 Å². The number of rotatable bonds is 5. The largest absolute Gasteiger partial charge is 0.491 e. The zero-order valence-corrected chi connectivity index (χ0v) is 15.8. The topological polar surface area (TPSA) is 47.3 Å². The number of aliphatic hydroxyl groups is 1. The number of nitrogens with zero attached hydrogens (tertiary/aromatic N) is 2. The van der Waals surface area contributed by atoms with Gasteiger partial charge in [0.25, 0.3) is 0 Å². The molecule has 0 aliphatic carbocycles. The average molecular weight is 410 g/mol. The molecule has 4 nitrogen and oxygen atoms in total. The van der Waals surface area contributed by atoms with E-state index in [4.69, 9.17) is 16.3 Å². The van der Waals surface area contributed by atoms with Crippen molar-refractivity contribution in [2.24, 2.45) is 0 Å². The summed E-state index contributed by atoms with van der Waals surface area (Å²) in [5, 5.41) is 17.4. The monoisotopic (exact) mass is 408 g/mol. The Labute approximate surface area is 154 Å². The van der Waals surface area contributed by atoms with E-state index < -0.39 is 6.10 Å². The van der Waals surface area contributed by atoms with E-state index >= 15 is 0 Å². The summed E-state index contributed by atoms with van der Waals surface area (Å²) in [6, 6.07) is 12.0. The molecule has 0 aliphatic heterocycles. The first-order valence-corrected chi connectivity index (χ1v) is 8.81. The van der Waals surface area contributed by atoms with Crippen LogP contribution in [0, 0.1) is 13.8 Å². The first-order valence-electron chi connectivity index (χ1n) is 7.63. The number of hydrogen-bond donors (Lipinski definition) is 1. The molecule has 0 saturated carbocycles. The number of ether oxygens (including phenoxy) is 1. The molecule has 2 aromatic carbocycles. The van der Waals surface area contributed by atoms with Gasteiger partial charge in [0, 0.05) is 4.47 Å². The summed E-state index contributed by atoms with van der Waals surface area (Å²) < 4.78 is 8.48. The molecule has 0 saturated heterocycles. The molecule has 0 fully saturated rings. The number of fused-ring (bicyclic) bond motifs is 1. The van der Waals surface area contributed by atoms with Crippen LogP contribution in [0.4, 0.5) is 0 Å². The van der Waals surface area contributed by atoms with Crippen molar-refractivity contribution < 1.29 is 9.84 Å². The van der Waals surface area contributed by atoms with Gasteiger partial charge in [-0.25, -0.2) is 0 Å². The maximum Gasteiger partial charge on any atom is 0.120 e. The van der Waals surface area contributed by atoms with Crippen molar-refractivity contribution in [1.29, 1.82) is 0 Å². The van der Waals surface area contributed by atoms with E-state index in [9.17, 15) is 5.11 Å². The van der Waals surface area contributed by atoms with Crippen LogP contribution in [-0.4, -0.2) is 27.6 Å². The Morgan fingerprint density at radius 3 is 2.62 bits per heavy atom. The molecule has 1 unspecified atom stereocenters. The van der Waals surface area contributed by atoms with Gasteiger partial charge in [-0.2, -0.15) is 5.10 Å². The van der Waals surface area contributed by atoms with Crippen molar-refractivity contribution in [3.63, 3.8) is 0 Å². The van der Waals surface area contributed by atoms with Gasteiger partial charge in [0.1, 0.15) is 18.5 Å². The molecule has 3 rings (SSSR count). The summed E-state index contributed by atoms with van der Waals surface area (Å²) in [4.78, 5) is 0. The lowest BCUT2D eigenvalue weighted by molar-refractivity contribution is 0.0888. The zero-order valence-electron chi connectivity index (χ0n) is 13.5. The van der Waals surface area contributed by atoms with Crippen molar-refractivity contribution in [3.05, 3.63) is 57.3 Å². The highest BCUT2D eigenvalue weighted by atomic mass is 79.9. The van der Waals surface area contributed by atoms with Gasteiger partial charge in [0.2, 0.25) is 0 Å². The molecule has 0 amide bonds. The third-order valence-electron chi connectivity index (χ3n) is 3.89. The molecule has 0 bridgehead atoms. The summed E-state index contributed by atoms with van der Waals surface area (Å²) in [6.07, 6.45) is -0.667. The first-order chi connectivity index (χ1) is 11.4. The van der Waals surface area contributed by atoms with Crippen LogP contribution in [0.15, 0.2) is 40.9 Å². The highest BCUT2D eigenvalue weighted by molar-refractivity contribution is 9.10. The SMILES string of the molecule is Cc1nn(CC(O)COc2ccc3cc(Br)ccc3c2)c(C)c1Cl. The first kappa shape index (κ1) is 17.3. The fourth-order valence-electron chi connectivity index (χ4n) is 2.58. The van der Waals surface area contributed by atoms with E-state index in [1.54, 1.807) is 4.68 Å². The highest BCUT2D eigenvalue weighted by Crippen LogP contribution is 2.24. The molecule has 24 heavy (non-hydrogen) atoms. The minimum absolute atomic E-state index is 0.192. The lowest BCUT2D eigenvalue weighted by atomic mass is 10.1. The predicted molar refractivity (Wildman–Crippen MR) is 99.9 cm³/mol. The number of benzene rings is 2. The lowest BCUT2D eigenvalue weighted by Gasteiger charge is -2.14. The molecule has 1 aromatic heterocycles. The van der Waals surface area contributed by atoms with Gasteiger partial charge in [-0.1, -0.05) is 39.7 Å². The molecule has 0 spiro atoms.